The maximum absolute atomic E-state index is 12.0. The van der Waals surface area contributed by atoms with E-state index in [2.05, 4.69) is 26.2 Å². The molecule has 2 atom stereocenters. The highest BCUT2D eigenvalue weighted by Gasteiger charge is 2.22. The first kappa shape index (κ1) is 12.5. The van der Waals surface area contributed by atoms with Crippen LogP contribution < -0.4 is 5.32 Å². The summed E-state index contributed by atoms with van der Waals surface area (Å²) in [5.74, 6) is -0.128. The Labute approximate surface area is 109 Å². The molecule has 1 aromatic rings. The molecular formula is C12H15BrN2O2. The molecule has 92 valence electrons. The number of halogens is 1. The van der Waals surface area contributed by atoms with Crippen LogP contribution in [0.2, 0.25) is 0 Å². The Morgan fingerprint density at radius 3 is 3.18 bits per heavy atom. The standard InChI is InChI=1S/C12H15BrN2O2/c1-8-7-9(4-6-17-8)15-12(16)11-10(13)3-2-5-14-11/h2-3,5,8-9H,4,6-7H2,1H3,(H,15,16). The fraction of sp³-hybridized carbons (Fsp3) is 0.500. The highest BCUT2D eigenvalue weighted by atomic mass is 79.9. The van der Waals surface area contributed by atoms with Gasteiger partial charge in [-0.25, -0.2) is 4.98 Å². The van der Waals surface area contributed by atoms with E-state index < -0.39 is 0 Å². The van der Waals surface area contributed by atoms with Crippen LogP contribution in [0.25, 0.3) is 0 Å². The second kappa shape index (κ2) is 5.60. The molecular weight excluding hydrogens is 284 g/mol. The monoisotopic (exact) mass is 298 g/mol. The van der Waals surface area contributed by atoms with E-state index in [1.807, 2.05) is 13.0 Å². The second-order valence-electron chi connectivity index (χ2n) is 4.21. The molecule has 0 aliphatic carbocycles. The maximum atomic E-state index is 12.0. The van der Waals surface area contributed by atoms with Crippen molar-refractivity contribution in [2.75, 3.05) is 6.61 Å². The Bertz CT molecular complexity index is 411. The average molecular weight is 299 g/mol. The van der Waals surface area contributed by atoms with Crippen molar-refractivity contribution in [2.45, 2.75) is 31.9 Å². The molecule has 1 amide bonds. The van der Waals surface area contributed by atoms with Gasteiger partial charge >= 0.3 is 0 Å². The van der Waals surface area contributed by atoms with E-state index in [0.717, 1.165) is 17.3 Å². The maximum Gasteiger partial charge on any atom is 0.271 e. The third kappa shape index (κ3) is 3.26. The predicted octanol–water partition coefficient (Wildman–Crippen LogP) is 2.14. The van der Waals surface area contributed by atoms with Crippen LogP contribution in [0, 0.1) is 0 Å². The van der Waals surface area contributed by atoms with Gasteiger partial charge in [0.2, 0.25) is 0 Å². The quantitative estimate of drug-likeness (QED) is 0.910. The van der Waals surface area contributed by atoms with Crippen LogP contribution in [0.4, 0.5) is 0 Å². The number of nitrogens with zero attached hydrogens (tertiary/aromatic N) is 1. The summed E-state index contributed by atoms with van der Waals surface area (Å²) in [6, 6.07) is 3.78. The predicted molar refractivity (Wildman–Crippen MR) is 67.8 cm³/mol. The molecule has 5 heteroatoms. The Balaban J connectivity index is 1.99. The van der Waals surface area contributed by atoms with Crippen LogP contribution in [0.3, 0.4) is 0 Å². The van der Waals surface area contributed by atoms with Gasteiger partial charge in [-0.3, -0.25) is 4.79 Å². The highest BCUT2D eigenvalue weighted by Crippen LogP contribution is 2.16. The summed E-state index contributed by atoms with van der Waals surface area (Å²) >= 11 is 3.33. The smallest absolute Gasteiger partial charge is 0.271 e. The molecule has 2 rings (SSSR count). The molecule has 0 aromatic carbocycles. The minimum absolute atomic E-state index is 0.128. The van der Waals surface area contributed by atoms with Crippen LogP contribution in [-0.4, -0.2) is 29.6 Å². The van der Waals surface area contributed by atoms with Gasteiger partial charge in [-0.15, -0.1) is 0 Å². The van der Waals surface area contributed by atoms with E-state index in [1.165, 1.54) is 0 Å². The zero-order valence-electron chi connectivity index (χ0n) is 9.65. The van der Waals surface area contributed by atoms with E-state index in [9.17, 15) is 4.79 Å². The van der Waals surface area contributed by atoms with Crippen molar-refractivity contribution in [3.63, 3.8) is 0 Å². The summed E-state index contributed by atoms with van der Waals surface area (Å²) in [7, 11) is 0. The topological polar surface area (TPSA) is 51.2 Å². The van der Waals surface area contributed by atoms with Gasteiger partial charge in [-0.1, -0.05) is 0 Å². The third-order valence-electron chi connectivity index (χ3n) is 2.79. The van der Waals surface area contributed by atoms with Crippen molar-refractivity contribution in [3.8, 4) is 0 Å². The number of carbonyl (C=O) groups is 1. The fourth-order valence-corrected chi connectivity index (χ4v) is 2.37. The van der Waals surface area contributed by atoms with E-state index in [-0.39, 0.29) is 18.1 Å². The van der Waals surface area contributed by atoms with Gasteiger partial charge < -0.3 is 10.1 Å². The number of hydrogen-bond acceptors (Lipinski definition) is 3. The summed E-state index contributed by atoms with van der Waals surface area (Å²) in [6.45, 7) is 2.73. The number of pyridine rings is 1. The van der Waals surface area contributed by atoms with E-state index in [4.69, 9.17) is 4.74 Å². The molecule has 0 bridgehead atoms. The largest absolute Gasteiger partial charge is 0.378 e. The first-order valence-corrected chi connectivity index (χ1v) is 6.49. The molecule has 2 unspecified atom stereocenters. The van der Waals surface area contributed by atoms with Gasteiger partial charge in [0.25, 0.3) is 5.91 Å². The number of ether oxygens (including phenoxy) is 1. The minimum atomic E-state index is -0.128. The van der Waals surface area contributed by atoms with Gasteiger partial charge in [0.05, 0.1) is 6.10 Å². The van der Waals surface area contributed by atoms with E-state index in [1.54, 1.807) is 12.3 Å². The molecule has 1 fully saturated rings. The molecule has 17 heavy (non-hydrogen) atoms. The molecule has 4 nitrogen and oxygen atoms in total. The Morgan fingerprint density at radius 2 is 2.47 bits per heavy atom. The lowest BCUT2D eigenvalue weighted by atomic mass is 10.0. The van der Waals surface area contributed by atoms with Crippen molar-refractivity contribution in [3.05, 3.63) is 28.5 Å². The van der Waals surface area contributed by atoms with E-state index >= 15 is 0 Å². The molecule has 0 radical (unpaired) electrons. The lowest BCUT2D eigenvalue weighted by Gasteiger charge is -2.27. The minimum Gasteiger partial charge on any atom is -0.378 e. The lowest BCUT2D eigenvalue weighted by Crippen LogP contribution is -2.41. The van der Waals surface area contributed by atoms with Gasteiger partial charge in [0.1, 0.15) is 5.69 Å². The third-order valence-corrected chi connectivity index (χ3v) is 3.43. The highest BCUT2D eigenvalue weighted by molar-refractivity contribution is 9.10. The average Bonchev–Trinajstić information content (AvgIpc) is 2.29. The summed E-state index contributed by atoms with van der Waals surface area (Å²) in [4.78, 5) is 16.1. The summed E-state index contributed by atoms with van der Waals surface area (Å²) in [5.41, 5.74) is 0.437. The SMILES string of the molecule is CC1CC(NC(=O)c2ncccc2Br)CCO1. The zero-order valence-corrected chi connectivity index (χ0v) is 11.2. The lowest BCUT2D eigenvalue weighted by molar-refractivity contribution is 0.0136. The number of aromatic nitrogens is 1. The van der Waals surface area contributed by atoms with Crippen LogP contribution in [-0.2, 0) is 4.74 Å². The van der Waals surface area contributed by atoms with Gasteiger partial charge in [-0.05, 0) is 47.8 Å². The summed E-state index contributed by atoms with van der Waals surface area (Å²) < 4.78 is 6.16. The van der Waals surface area contributed by atoms with Crippen LogP contribution in [0.1, 0.15) is 30.3 Å². The molecule has 1 aromatic heterocycles. The van der Waals surface area contributed by atoms with Crippen molar-refractivity contribution in [1.29, 1.82) is 0 Å². The molecule has 1 aliphatic heterocycles. The van der Waals surface area contributed by atoms with Gasteiger partial charge in [0, 0.05) is 23.3 Å². The van der Waals surface area contributed by atoms with Crippen molar-refractivity contribution in [2.24, 2.45) is 0 Å². The van der Waals surface area contributed by atoms with Crippen molar-refractivity contribution in [1.82, 2.24) is 10.3 Å². The molecule has 2 heterocycles. The molecule has 1 saturated heterocycles. The number of rotatable bonds is 2. The van der Waals surface area contributed by atoms with Crippen LogP contribution in [0.5, 0.6) is 0 Å². The Hall–Kier alpha value is -0.940. The molecule has 0 spiro atoms. The summed E-state index contributed by atoms with van der Waals surface area (Å²) in [5, 5.41) is 2.99. The summed E-state index contributed by atoms with van der Waals surface area (Å²) in [6.07, 6.45) is 3.55. The van der Waals surface area contributed by atoms with E-state index in [0.29, 0.717) is 12.3 Å². The van der Waals surface area contributed by atoms with Crippen molar-refractivity contribution >= 4 is 21.8 Å². The first-order chi connectivity index (χ1) is 8.16. The van der Waals surface area contributed by atoms with Crippen LogP contribution in [0.15, 0.2) is 22.8 Å². The normalized spacial score (nSPS) is 24.4. The molecule has 1 aliphatic rings. The second-order valence-corrected chi connectivity index (χ2v) is 5.06. The number of carbonyl (C=O) groups excluding carboxylic acids is 1. The number of hydrogen-bond donors (Lipinski definition) is 1. The Morgan fingerprint density at radius 1 is 1.65 bits per heavy atom. The number of nitrogens with one attached hydrogen (secondary N) is 1. The Kier molecular flexibility index (Phi) is 4.12. The van der Waals surface area contributed by atoms with Crippen LogP contribution >= 0.6 is 15.9 Å². The molecule has 1 N–H and O–H groups in total. The fourth-order valence-electron chi connectivity index (χ4n) is 1.94. The van der Waals surface area contributed by atoms with Gasteiger partial charge in [-0.2, -0.15) is 0 Å². The van der Waals surface area contributed by atoms with Crippen molar-refractivity contribution < 1.29 is 9.53 Å². The number of amides is 1. The molecule has 0 saturated carbocycles. The van der Waals surface area contributed by atoms with Gasteiger partial charge in [0.15, 0.2) is 0 Å². The zero-order chi connectivity index (χ0) is 12.3. The first-order valence-electron chi connectivity index (χ1n) is 5.70.